The van der Waals surface area contributed by atoms with Crippen molar-refractivity contribution in [2.75, 3.05) is 0 Å². The molecule has 4 heteroatoms. The van der Waals surface area contributed by atoms with Gasteiger partial charge in [0.25, 0.3) is 5.97 Å². The van der Waals surface area contributed by atoms with Crippen LogP contribution in [-0.4, -0.2) is 23.0 Å². The second-order valence-electron chi connectivity index (χ2n) is 3.26. The minimum atomic E-state index is -0.748. The highest BCUT2D eigenvalue weighted by Crippen LogP contribution is 2.16. The van der Waals surface area contributed by atoms with E-state index in [4.69, 9.17) is 5.11 Å². The van der Waals surface area contributed by atoms with Gasteiger partial charge >= 0.3 is 0 Å². The molecule has 0 aromatic rings. The molecule has 0 spiro atoms. The van der Waals surface area contributed by atoms with Crippen LogP contribution >= 0.6 is 12.6 Å². The summed E-state index contributed by atoms with van der Waals surface area (Å²) in [5.41, 5.74) is 0. The summed E-state index contributed by atoms with van der Waals surface area (Å²) in [4.78, 5) is 10.3. The van der Waals surface area contributed by atoms with E-state index in [0.717, 1.165) is 0 Å². The molecule has 0 heterocycles. The van der Waals surface area contributed by atoms with Crippen LogP contribution in [0.4, 0.5) is 0 Å². The Morgan fingerprint density at radius 3 is 2.20 bits per heavy atom. The summed E-state index contributed by atoms with van der Waals surface area (Å²) in [6.45, 7) is 5.52. The van der Waals surface area contributed by atoms with Gasteiger partial charge < -0.3 is 5.11 Å². The average Bonchev–Trinajstić information content (AvgIpc) is 1.60. The van der Waals surface area contributed by atoms with Crippen molar-refractivity contribution < 1.29 is 9.90 Å². The van der Waals surface area contributed by atoms with Crippen LogP contribution in [-0.2, 0) is 4.79 Å². The summed E-state index contributed by atoms with van der Waals surface area (Å²) >= 11 is 4.23. The van der Waals surface area contributed by atoms with Crippen molar-refractivity contribution in [1.82, 2.24) is 0 Å². The number of hydrogen-bond donors (Lipinski definition) is 2. The number of carboxylic acids is 1. The largest absolute Gasteiger partial charge is 0.482 e. The minimum Gasteiger partial charge on any atom is -0.482 e. The van der Waals surface area contributed by atoms with Gasteiger partial charge in [0.1, 0.15) is 0 Å². The Morgan fingerprint density at radius 1 is 1.70 bits per heavy atom. The summed E-state index contributed by atoms with van der Waals surface area (Å²) in [7, 11) is 0.603. The lowest BCUT2D eigenvalue weighted by molar-refractivity contribution is -0.136. The molecule has 0 amide bonds. The molecule has 0 radical (unpaired) electrons. The molecule has 0 bridgehead atoms. The maximum absolute atomic E-state index is 10.3. The van der Waals surface area contributed by atoms with E-state index in [9.17, 15) is 4.79 Å². The van der Waals surface area contributed by atoms with Crippen molar-refractivity contribution >= 4 is 25.9 Å². The summed E-state index contributed by atoms with van der Waals surface area (Å²) in [5, 5.41) is 8.51. The van der Waals surface area contributed by atoms with Gasteiger partial charge in [-0.2, -0.15) is 12.6 Å². The number of thiol groups is 1. The van der Waals surface area contributed by atoms with Gasteiger partial charge in [-0.1, -0.05) is 20.8 Å². The van der Waals surface area contributed by atoms with Crippen molar-refractivity contribution in [2.45, 2.75) is 31.2 Å². The van der Waals surface area contributed by atoms with Crippen LogP contribution in [0.1, 0.15) is 20.8 Å². The van der Waals surface area contributed by atoms with E-state index in [-0.39, 0.29) is 10.5 Å². The van der Waals surface area contributed by atoms with E-state index in [1.54, 1.807) is 6.92 Å². The molecule has 58 valence electrons. The zero-order valence-electron chi connectivity index (χ0n) is 6.59. The predicted octanol–water partition coefficient (Wildman–Crippen LogP) is 0.982. The van der Waals surface area contributed by atoms with E-state index in [1.165, 1.54) is 0 Å². The molecule has 0 rings (SSSR count). The van der Waals surface area contributed by atoms with E-state index in [0.29, 0.717) is 7.28 Å². The molecule has 0 aliphatic carbocycles. The highest BCUT2D eigenvalue weighted by Gasteiger charge is 2.22. The molecule has 0 saturated carbocycles. The highest BCUT2D eigenvalue weighted by atomic mass is 32.1. The van der Waals surface area contributed by atoms with E-state index < -0.39 is 5.97 Å². The third-order valence-electron chi connectivity index (χ3n) is 1.23. The Kier molecular flexibility index (Phi) is 3.29. The molecule has 10 heavy (non-hydrogen) atoms. The van der Waals surface area contributed by atoms with Gasteiger partial charge in [-0.25, -0.2) is 0 Å². The second-order valence-corrected chi connectivity index (χ2v) is 4.47. The Morgan fingerprint density at radius 2 is 2.10 bits per heavy atom. The Bertz CT molecular complexity index is 130. The number of carbonyl (C=O) groups is 1. The highest BCUT2D eigenvalue weighted by molar-refractivity contribution is 7.83. The molecule has 1 atom stereocenters. The first kappa shape index (κ1) is 9.88. The fourth-order valence-electron chi connectivity index (χ4n) is 0.837. The van der Waals surface area contributed by atoms with Crippen molar-refractivity contribution in [3.8, 4) is 0 Å². The van der Waals surface area contributed by atoms with Crippen LogP contribution in [0.2, 0.25) is 5.82 Å². The predicted molar refractivity (Wildman–Crippen MR) is 47.3 cm³/mol. The second kappa shape index (κ2) is 3.33. The minimum absolute atomic E-state index is 0.183. The maximum Gasteiger partial charge on any atom is 0.298 e. The molecule has 0 aromatic carbocycles. The normalized spacial score (nSPS) is 14.4. The van der Waals surface area contributed by atoms with Crippen LogP contribution in [0.5, 0.6) is 0 Å². The van der Waals surface area contributed by atoms with E-state index >= 15 is 0 Å². The molecular weight excluding hydrogens is 147 g/mol. The van der Waals surface area contributed by atoms with Crippen molar-refractivity contribution in [2.24, 2.45) is 0 Å². The number of hydrogen-bond acceptors (Lipinski definition) is 2. The van der Waals surface area contributed by atoms with Gasteiger partial charge in [0.15, 0.2) is 7.28 Å². The van der Waals surface area contributed by atoms with Gasteiger partial charge in [-0.3, -0.25) is 4.79 Å². The van der Waals surface area contributed by atoms with Gasteiger partial charge in [0, 0.05) is 5.82 Å². The molecule has 1 N–H and O–H groups in total. The quantitative estimate of drug-likeness (QED) is 0.477. The van der Waals surface area contributed by atoms with Crippen molar-refractivity contribution in [3.05, 3.63) is 0 Å². The van der Waals surface area contributed by atoms with Crippen LogP contribution < -0.4 is 0 Å². The Labute approximate surface area is 67.7 Å². The van der Waals surface area contributed by atoms with Crippen molar-refractivity contribution in [1.29, 1.82) is 0 Å². The summed E-state index contributed by atoms with van der Waals surface area (Å²) in [6.07, 6.45) is 0. The molecule has 1 unspecified atom stereocenters. The van der Waals surface area contributed by atoms with E-state index in [1.807, 2.05) is 13.8 Å². The molecule has 0 saturated heterocycles. The number of aliphatic carboxylic acids is 1. The number of carboxylic acid groups (broad SMARTS) is 1. The van der Waals surface area contributed by atoms with Crippen molar-refractivity contribution in [3.63, 3.8) is 0 Å². The first-order valence-electron chi connectivity index (χ1n) is 3.28. The van der Waals surface area contributed by atoms with Crippen LogP contribution in [0.3, 0.4) is 0 Å². The van der Waals surface area contributed by atoms with Gasteiger partial charge in [0.2, 0.25) is 0 Å². The SMILES string of the molecule is CC(BC(C)(C)S)C(=O)O. The third kappa shape index (κ3) is 4.73. The van der Waals surface area contributed by atoms with Crippen LogP contribution in [0, 0.1) is 0 Å². The van der Waals surface area contributed by atoms with Gasteiger partial charge in [-0.05, 0) is 4.65 Å². The third-order valence-corrected chi connectivity index (χ3v) is 1.41. The zero-order chi connectivity index (χ0) is 8.36. The molecule has 0 aliphatic heterocycles. The lowest BCUT2D eigenvalue weighted by atomic mass is 9.56. The topological polar surface area (TPSA) is 37.3 Å². The molecule has 0 aliphatic rings. The lowest BCUT2D eigenvalue weighted by Crippen LogP contribution is -2.27. The first-order chi connectivity index (χ1) is 4.33. The van der Waals surface area contributed by atoms with E-state index in [2.05, 4.69) is 12.6 Å². The Balaban J connectivity index is 3.80. The standard InChI is InChI=1S/C6H13BO2S/c1-4(5(8)9)7-6(2,3)10/h4,7,10H,1-3H3,(H,8,9). The number of rotatable bonds is 3. The maximum atomic E-state index is 10.3. The first-order valence-corrected chi connectivity index (χ1v) is 3.73. The summed E-state index contributed by atoms with van der Waals surface area (Å²) in [5.74, 6) is -1.05. The zero-order valence-corrected chi connectivity index (χ0v) is 7.48. The summed E-state index contributed by atoms with van der Waals surface area (Å²) < 4.78 is -0.183. The Hall–Kier alpha value is -0.115. The molecule has 0 fully saturated rings. The van der Waals surface area contributed by atoms with Crippen LogP contribution in [0.15, 0.2) is 0 Å². The molecule has 2 nitrogen and oxygen atoms in total. The monoisotopic (exact) mass is 160 g/mol. The fraction of sp³-hybridized carbons (Fsp3) is 0.833. The summed E-state index contributed by atoms with van der Waals surface area (Å²) in [6, 6.07) is 0. The van der Waals surface area contributed by atoms with Gasteiger partial charge in [-0.15, -0.1) is 0 Å². The lowest BCUT2D eigenvalue weighted by Gasteiger charge is -2.17. The fourth-order valence-corrected chi connectivity index (χ4v) is 1.11. The molecular formula is C6H13BO2S. The molecule has 0 aromatic heterocycles. The van der Waals surface area contributed by atoms with Gasteiger partial charge in [0.05, 0.1) is 0 Å². The average molecular weight is 160 g/mol. The smallest absolute Gasteiger partial charge is 0.298 e. The van der Waals surface area contributed by atoms with Crippen LogP contribution in [0.25, 0.3) is 0 Å².